The molecule has 4 heterocycles. The van der Waals surface area contributed by atoms with Gasteiger partial charge in [-0.3, -0.25) is 4.79 Å². The van der Waals surface area contributed by atoms with Crippen molar-refractivity contribution in [1.82, 2.24) is 25.1 Å². The third kappa shape index (κ3) is 3.01. The summed E-state index contributed by atoms with van der Waals surface area (Å²) in [6.45, 7) is 0.981. The summed E-state index contributed by atoms with van der Waals surface area (Å²) in [5, 5.41) is 14.1. The molecule has 0 bridgehead atoms. The van der Waals surface area contributed by atoms with Crippen LogP contribution in [0.3, 0.4) is 0 Å². The second-order valence-electron chi connectivity index (χ2n) is 7.01. The van der Waals surface area contributed by atoms with E-state index < -0.39 is 0 Å². The number of hydrogen-bond acceptors (Lipinski definition) is 8. The monoisotopic (exact) mass is 413 g/mol. The standard InChI is InChI=1S/C21H15N7O3/c29-20-12(7-11-8-16-17(9-15(11)24-20)31-6-5-30-16)10-22-27-21-25-19-18(26-28-21)13-3-1-2-4-14(13)23-19/h1-4,7-10H,5-6H2,(H,24,29)(H2,23,25,27,28). The Kier molecular flexibility index (Phi) is 3.82. The van der Waals surface area contributed by atoms with Crippen molar-refractivity contribution < 1.29 is 9.47 Å². The van der Waals surface area contributed by atoms with Crippen LogP contribution < -0.4 is 20.5 Å². The molecule has 1 aliphatic rings. The fraction of sp³-hybridized carbons (Fsp3) is 0.0952. The number of fused-ring (bicyclic) bond motifs is 5. The Morgan fingerprint density at radius 3 is 2.74 bits per heavy atom. The topological polar surface area (TPSA) is 130 Å². The van der Waals surface area contributed by atoms with Crippen molar-refractivity contribution in [1.29, 1.82) is 0 Å². The number of aromatic amines is 2. The molecule has 10 heteroatoms. The summed E-state index contributed by atoms with van der Waals surface area (Å²) in [4.78, 5) is 22.9. The SMILES string of the molecule is O=c1[nH]c2cc3c(cc2cc1C=NNc1nnc2c(n1)[nH]c1ccccc12)OCCO3. The predicted molar refractivity (Wildman–Crippen MR) is 116 cm³/mol. The Bertz CT molecular complexity index is 1550. The van der Waals surface area contributed by atoms with E-state index in [-0.39, 0.29) is 11.5 Å². The average Bonchev–Trinajstić information content (AvgIpc) is 3.16. The second-order valence-corrected chi connectivity index (χ2v) is 7.01. The van der Waals surface area contributed by atoms with Crippen LogP contribution in [0.2, 0.25) is 0 Å². The Hall–Kier alpha value is -4.47. The molecule has 0 saturated heterocycles. The normalized spacial score (nSPS) is 13.4. The zero-order chi connectivity index (χ0) is 20.8. The van der Waals surface area contributed by atoms with Crippen LogP contribution in [0.1, 0.15) is 5.56 Å². The number of hydrogen-bond donors (Lipinski definition) is 3. The van der Waals surface area contributed by atoms with E-state index in [2.05, 4.69) is 35.7 Å². The van der Waals surface area contributed by atoms with Gasteiger partial charge in [0.2, 0.25) is 0 Å². The van der Waals surface area contributed by atoms with E-state index in [0.717, 1.165) is 16.3 Å². The van der Waals surface area contributed by atoms with Gasteiger partial charge in [0, 0.05) is 22.4 Å². The highest BCUT2D eigenvalue weighted by Gasteiger charge is 2.14. The molecule has 6 rings (SSSR count). The van der Waals surface area contributed by atoms with Gasteiger partial charge in [0.25, 0.3) is 11.5 Å². The third-order valence-electron chi connectivity index (χ3n) is 5.03. The van der Waals surface area contributed by atoms with Crippen LogP contribution in [0.25, 0.3) is 33.0 Å². The molecule has 1 aliphatic heterocycles. The summed E-state index contributed by atoms with van der Waals surface area (Å²) in [6.07, 6.45) is 1.41. The van der Waals surface area contributed by atoms with Crippen molar-refractivity contribution in [3.05, 3.63) is 58.4 Å². The fourth-order valence-corrected chi connectivity index (χ4v) is 3.58. The predicted octanol–water partition coefficient (Wildman–Crippen LogP) is 2.56. The van der Waals surface area contributed by atoms with Gasteiger partial charge in [-0.15, -0.1) is 10.2 Å². The number of rotatable bonds is 3. The number of ether oxygens (including phenoxy) is 2. The summed E-state index contributed by atoms with van der Waals surface area (Å²) < 4.78 is 11.2. The maximum atomic E-state index is 12.4. The number of para-hydroxylation sites is 1. The highest BCUT2D eigenvalue weighted by molar-refractivity contribution is 6.03. The van der Waals surface area contributed by atoms with Crippen molar-refractivity contribution in [2.45, 2.75) is 0 Å². The average molecular weight is 413 g/mol. The molecule has 0 radical (unpaired) electrons. The highest BCUT2D eigenvalue weighted by Crippen LogP contribution is 2.33. The van der Waals surface area contributed by atoms with Gasteiger partial charge in [-0.2, -0.15) is 10.1 Å². The number of nitrogens with zero attached hydrogens (tertiary/aromatic N) is 4. The third-order valence-corrected chi connectivity index (χ3v) is 5.03. The Morgan fingerprint density at radius 2 is 1.84 bits per heavy atom. The maximum Gasteiger partial charge on any atom is 0.265 e. The van der Waals surface area contributed by atoms with Crippen molar-refractivity contribution in [2.24, 2.45) is 5.10 Å². The molecule has 3 N–H and O–H groups in total. The maximum absolute atomic E-state index is 12.4. The number of H-pyrrole nitrogens is 2. The van der Waals surface area contributed by atoms with Gasteiger partial charge in [-0.25, -0.2) is 5.43 Å². The molecule has 0 aliphatic carbocycles. The van der Waals surface area contributed by atoms with E-state index >= 15 is 0 Å². The second kappa shape index (κ2) is 6.80. The molecule has 0 saturated carbocycles. The van der Waals surface area contributed by atoms with Gasteiger partial charge in [0.05, 0.1) is 17.3 Å². The molecule has 0 spiro atoms. The van der Waals surface area contributed by atoms with Gasteiger partial charge < -0.3 is 19.4 Å². The molecule has 31 heavy (non-hydrogen) atoms. The zero-order valence-corrected chi connectivity index (χ0v) is 16.0. The fourth-order valence-electron chi connectivity index (χ4n) is 3.58. The van der Waals surface area contributed by atoms with Crippen LogP contribution in [0.5, 0.6) is 11.5 Å². The summed E-state index contributed by atoms with van der Waals surface area (Å²) in [7, 11) is 0. The highest BCUT2D eigenvalue weighted by atomic mass is 16.6. The van der Waals surface area contributed by atoms with E-state index in [4.69, 9.17) is 9.47 Å². The van der Waals surface area contributed by atoms with E-state index in [9.17, 15) is 4.79 Å². The quantitative estimate of drug-likeness (QED) is 0.306. The Morgan fingerprint density at radius 1 is 1.00 bits per heavy atom. The molecule has 152 valence electrons. The van der Waals surface area contributed by atoms with E-state index in [1.165, 1.54) is 6.21 Å². The van der Waals surface area contributed by atoms with Crippen LogP contribution in [-0.4, -0.2) is 44.6 Å². The Labute approximate surface area is 173 Å². The van der Waals surface area contributed by atoms with Crippen molar-refractivity contribution in [2.75, 3.05) is 18.6 Å². The lowest BCUT2D eigenvalue weighted by molar-refractivity contribution is 0.172. The molecular formula is C21H15N7O3. The lowest BCUT2D eigenvalue weighted by Gasteiger charge is -2.18. The van der Waals surface area contributed by atoms with Crippen molar-refractivity contribution in [3.8, 4) is 11.5 Å². The summed E-state index contributed by atoms with van der Waals surface area (Å²) >= 11 is 0. The molecule has 0 fully saturated rings. The van der Waals surface area contributed by atoms with E-state index in [1.54, 1.807) is 12.1 Å². The van der Waals surface area contributed by atoms with E-state index in [1.807, 2.05) is 30.3 Å². The van der Waals surface area contributed by atoms with Gasteiger partial charge in [0.1, 0.15) is 18.7 Å². The van der Waals surface area contributed by atoms with Gasteiger partial charge >= 0.3 is 0 Å². The number of nitrogens with one attached hydrogen (secondary N) is 3. The van der Waals surface area contributed by atoms with Crippen molar-refractivity contribution >= 4 is 45.1 Å². The van der Waals surface area contributed by atoms with Crippen LogP contribution in [0.15, 0.2) is 52.4 Å². The molecule has 0 unspecified atom stereocenters. The number of benzene rings is 2. The van der Waals surface area contributed by atoms with E-state index in [0.29, 0.717) is 47.0 Å². The minimum absolute atomic E-state index is 0.215. The van der Waals surface area contributed by atoms with Gasteiger partial charge in [-0.1, -0.05) is 18.2 Å². The zero-order valence-electron chi connectivity index (χ0n) is 16.0. The van der Waals surface area contributed by atoms with Crippen LogP contribution >= 0.6 is 0 Å². The lowest BCUT2D eigenvalue weighted by Crippen LogP contribution is -2.16. The molecule has 3 aromatic heterocycles. The first-order valence-electron chi connectivity index (χ1n) is 9.61. The summed E-state index contributed by atoms with van der Waals surface area (Å²) in [6, 6.07) is 13.1. The first kappa shape index (κ1) is 17.4. The number of aromatic nitrogens is 5. The molecular weight excluding hydrogens is 398 g/mol. The summed E-state index contributed by atoms with van der Waals surface area (Å²) in [5.41, 5.74) is 5.70. The molecule has 0 amide bonds. The molecule has 2 aromatic carbocycles. The van der Waals surface area contributed by atoms with Crippen LogP contribution in [0.4, 0.5) is 5.95 Å². The van der Waals surface area contributed by atoms with Gasteiger partial charge in [-0.05, 0) is 18.2 Å². The molecule has 10 nitrogen and oxygen atoms in total. The molecule has 5 aromatic rings. The number of hydrazone groups is 1. The number of pyridine rings is 1. The Balaban J connectivity index is 1.29. The lowest BCUT2D eigenvalue weighted by atomic mass is 10.1. The minimum atomic E-state index is -0.278. The summed E-state index contributed by atoms with van der Waals surface area (Å²) in [5.74, 6) is 1.49. The first-order chi connectivity index (χ1) is 15.2. The van der Waals surface area contributed by atoms with Crippen LogP contribution in [-0.2, 0) is 0 Å². The smallest absolute Gasteiger partial charge is 0.265 e. The van der Waals surface area contributed by atoms with Gasteiger partial charge in [0.15, 0.2) is 17.1 Å². The minimum Gasteiger partial charge on any atom is -0.486 e. The van der Waals surface area contributed by atoms with Crippen molar-refractivity contribution in [3.63, 3.8) is 0 Å². The van der Waals surface area contributed by atoms with Crippen LogP contribution in [0, 0.1) is 0 Å². The number of anilines is 1. The first-order valence-corrected chi connectivity index (χ1v) is 9.61. The molecule has 0 atom stereocenters. The largest absolute Gasteiger partial charge is 0.486 e.